The zero-order chi connectivity index (χ0) is 14.6. The van der Waals surface area contributed by atoms with E-state index >= 15 is 0 Å². The topological polar surface area (TPSA) is 27.7 Å². The van der Waals surface area contributed by atoms with Crippen molar-refractivity contribution >= 4 is 0 Å². The SMILES string of the molecule is CC(NCC(C)(C)N1CCOCC1)C1CCCN(C)C1. The summed E-state index contributed by atoms with van der Waals surface area (Å²) in [5.41, 5.74) is 0.221. The Morgan fingerprint density at radius 3 is 2.60 bits per heavy atom. The summed E-state index contributed by atoms with van der Waals surface area (Å²) in [7, 11) is 2.25. The van der Waals surface area contributed by atoms with E-state index in [9.17, 15) is 0 Å². The zero-order valence-electron chi connectivity index (χ0n) is 13.8. The molecule has 0 radical (unpaired) electrons. The molecule has 2 heterocycles. The Hall–Kier alpha value is -0.160. The highest BCUT2D eigenvalue weighted by molar-refractivity contribution is 4.88. The number of morpholine rings is 1. The second kappa shape index (κ2) is 7.21. The summed E-state index contributed by atoms with van der Waals surface area (Å²) in [6.45, 7) is 14.5. The minimum atomic E-state index is 0.221. The lowest BCUT2D eigenvalue weighted by molar-refractivity contribution is -0.0111. The van der Waals surface area contributed by atoms with Crippen LogP contribution >= 0.6 is 0 Å². The fraction of sp³-hybridized carbons (Fsp3) is 1.00. The molecule has 0 aliphatic carbocycles. The third kappa shape index (κ3) is 4.42. The Morgan fingerprint density at radius 1 is 1.25 bits per heavy atom. The summed E-state index contributed by atoms with van der Waals surface area (Å²) in [4.78, 5) is 5.03. The van der Waals surface area contributed by atoms with Gasteiger partial charge in [-0.05, 0) is 53.1 Å². The number of rotatable bonds is 5. The Labute approximate surface area is 124 Å². The van der Waals surface area contributed by atoms with Gasteiger partial charge >= 0.3 is 0 Å². The number of piperidine rings is 1. The molecule has 2 aliphatic heterocycles. The van der Waals surface area contributed by atoms with E-state index in [4.69, 9.17) is 4.74 Å². The van der Waals surface area contributed by atoms with Crippen molar-refractivity contribution in [2.45, 2.75) is 45.2 Å². The largest absolute Gasteiger partial charge is 0.379 e. The first-order chi connectivity index (χ1) is 9.49. The molecule has 2 unspecified atom stereocenters. The summed E-state index contributed by atoms with van der Waals surface area (Å²) in [5, 5.41) is 3.80. The molecule has 2 saturated heterocycles. The lowest BCUT2D eigenvalue weighted by atomic mass is 9.91. The molecule has 0 aromatic carbocycles. The van der Waals surface area contributed by atoms with Gasteiger partial charge in [0.2, 0.25) is 0 Å². The number of hydrogen-bond acceptors (Lipinski definition) is 4. The van der Waals surface area contributed by atoms with E-state index in [2.05, 4.69) is 42.9 Å². The number of likely N-dealkylation sites (tertiary alicyclic amines) is 1. The van der Waals surface area contributed by atoms with Gasteiger partial charge in [0.25, 0.3) is 0 Å². The maximum Gasteiger partial charge on any atom is 0.0594 e. The molecule has 0 bridgehead atoms. The van der Waals surface area contributed by atoms with Crippen molar-refractivity contribution < 1.29 is 4.74 Å². The first-order valence-electron chi connectivity index (χ1n) is 8.24. The van der Waals surface area contributed by atoms with E-state index < -0.39 is 0 Å². The van der Waals surface area contributed by atoms with E-state index in [1.54, 1.807) is 0 Å². The Kier molecular flexibility index (Phi) is 5.84. The Morgan fingerprint density at radius 2 is 1.95 bits per heavy atom. The maximum absolute atomic E-state index is 5.46. The number of nitrogens with one attached hydrogen (secondary N) is 1. The molecule has 118 valence electrons. The summed E-state index contributed by atoms with van der Waals surface area (Å²) >= 11 is 0. The molecule has 0 saturated carbocycles. The fourth-order valence-corrected chi connectivity index (χ4v) is 3.47. The van der Waals surface area contributed by atoms with Crippen LogP contribution in [0.4, 0.5) is 0 Å². The average Bonchev–Trinajstić information content (AvgIpc) is 2.46. The van der Waals surface area contributed by atoms with Crippen molar-refractivity contribution in [3.8, 4) is 0 Å². The van der Waals surface area contributed by atoms with Crippen LogP contribution in [0.1, 0.15) is 33.6 Å². The second-order valence-electron chi connectivity index (χ2n) is 7.25. The van der Waals surface area contributed by atoms with E-state index in [0.29, 0.717) is 6.04 Å². The van der Waals surface area contributed by atoms with Gasteiger partial charge in [-0.25, -0.2) is 0 Å². The molecule has 0 spiro atoms. The van der Waals surface area contributed by atoms with Gasteiger partial charge in [-0.2, -0.15) is 0 Å². The molecule has 0 aromatic rings. The second-order valence-corrected chi connectivity index (χ2v) is 7.25. The number of ether oxygens (including phenoxy) is 1. The average molecular weight is 283 g/mol. The van der Waals surface area contributed by atoms with Gasteiger partial charge in [-0.3, -0.25) is 4.90 Å². The van der Waals surface area contributed by atoms with E-state index in [1.165, 1.54) is 25.9 Å². The van der Waals surface area contributed by atoms with Gasteiger partial charge in [0.05, 0.1) is 13.2 Å². The van der Waals surface area contributed by atoms with Crippen LogP contribution in [-0.4, -0.2) is 74.4 Å². The predicted molar refractivity (Wildman–Crippen MR) is 84.2 cm³/mol. The molecule has 4 nitrogen and oxygen atoms in total. The molecule has 2 atom stereocenters. The molecule has 0 aromatic heterocycles. The fourth-order valence-electron chi connectivity index (χ4n) is 3.47. The van der Waals surface area contributed by atoms with Crippen molar-refractivity contribution in [3.63, 3.8) is 0 Å². The van der Waals surface area contributed by atoms with E-state index in [-0.39, 0.29) is 5.54 Å². The molecular weight excluding hydrogens is 250 g/mol. The van der Waals surface area contributed by atoms with E-state index in [1.807, 2.05) is 0 Å². The number of hydrogen-bond donors (Lipinski definition) is 1. The summed E-state index contributed by atoms with van der Waals surface area (Å²) in [6.07, 6.45) is 2.72. The predicted octanol–water partition coefficient (Wildman–Crippen LogP) is 1.42. The highest BCUT2D eigenvalue weighted by atomic mass is 16.5. The highest BCUT2D eigenvalue weighted by Crippen LogP contribution is 2.20. The van der Waals surface area contributed by atoms with E-state index in [0.717, 1.165) is 38.8 Å². The Bertz CT molecular complexity index is 289. The first-order valence-corrected chi connectivity index (χ1v) is 8.24. The van der Waals surface area contributed by atoms with Gasteiger partial charge in [-0.1, -0.05) is 0 Å². The standard InChI is InChI=1S/C16H33N3O/c1-14(15-6-5-7-18(4)12-15)17-13-16(2,3)19-8-10-20-11-9-19/h14-15,17H,5-13H2,1-4H3. The van der Waals surface area contributed by atoms with Crippen LogP contribution in [0.2, 0.25) is 0 Å². The van der Waals surface area contributed by atoms with Gasteiger partial charge in [0.1, 0.15) is 0 Å². The molecule has 4 heteroatoms. The molecule has 2 aliphatic rings. The number of nitrogens with zero attached hydrogens (tertiary/aromatic N) is 2. The molecule has 2 rings (SSSR count). The highest BCUT2D eigenvalue weighted by Gasteiger charge is 2.30. The molecular formula is C16H33N3O. The van der Waals surface area contributed by atoms with Crippen LogP contribution in [0, 0.1) is 5.92 Å². The summed E-state index contributed by atoms with van der Waals surface area (Å²) in [5.74, 6) is 0.800. The monoisotopic (exact) mass is 283 g/mol. The lowest BCUT2D eigenvalue weighted by Gasteiger charge is -2.42. The van der Waals surface area contributed by atoms with Gasteiger partial charge in [-0.15, -0.1) is 0 Å². The van der Waals surface area contributed by atoms with Crippen molar-refractivity contribution in [3.05, 3.63) is 0 Å². The third-order valence-electron chi connectivity index (χ3n) is 5.09. The van der Waals surface area contributed by atoms with Crippen LogP contribution in [0.15, 0.2) is 0 Å². The first kappa shape index (κ1) is 16.2. The Balaban J connectivity index is 1.77. The molecule has 20 heavy (non-hydrogen) atoms. The third-order valence-corrected chi connectivity index (χ3v) is 5.09. The van der Waals surface area contributed by atoms with Crippen LogP contribution in [0.25, 0.3) is 0 Å². The zero-order valence-corrected chi connectivity index (χ0v) is 13.8. The normalized spacial score (nSPS) is 28.5. The minimum absolute atomic E-state index is 0.221. The van der Waals surface area contributed by atoms with Crippen LogP contribution in [-0.2, 0) is 4.74 Å². The quantitative estimate of drug-likeness (QED) is 0.826. The molecule has 0 amide bonds. The smallest absolute Gasteiger partial charge is 0.0594 e. The maximum atomic E-state index is 5.46. The van der Waals surface area contributed by atoms with Crippen molar-refractivity contribution in [2.24, 2.45) is 5.92 Å². The van der Waals surface area contributed by atoms with Gasteiger partial charge in [0.15, 0.2) is 0 Å². The molecule has 1 N–H and O–H groups in total. The van der Waals surface area contributed by atoms with Crippen LogP contribution in [0.5, 0.6) is 0 Å². The van der Waals surface area contributed by atoms with Crippen molar-refractivity contribution in [1.82, 2.24) is 15.1 Å². The van der Waals surface area contributed by atoms with Crippen molar-refractivity contribution in [1.29, 1.82) is 0 Å². The lowest BCUT2D eigenvalue weighted by Crippen LogP contribution is -2.56. The molecule has 2 fully saturated rings. The summed E-state index contributed by atoms with van der Waals surface area (Å²) in [6, 6.07) is 0.609. The summed E-state index contributed by atoms with van der Waals surface area (Å²) < 4.78 is 5.46. The van der Waals surface area contributed by atoms with Crippen LogP contribution in [0.3, 0.4) is 0 Å². The van der Waals surface area contributed by atoms with Gasteiger partial charge in [0, 0.05) is 37.8 Å². The van der Waals surface area contributed by atoms with Crippen molar-refractivity contribution in [2.75, 3.05) is 53.0 Å². The van der Waals surface area contributed by atoms with Gasteiger partial charge < -0.3 is 15.0 Å². The minimum Gasteiger partial charge on any atom is -0.379 e. The van der Waals surface area contributed by atoms with Crippen LogP contribution < -0.4 is 5.32 Å².